The summed E-state index contributed by atoms with van der Waals surface area (Å²) in [6.07, 6.45) is 0. The number of likely N-dealkylation sites (N-methyl/N-ethyl adjacent to an activating group) is 1. The Morgan fingerprint density at radius 3 is 2.44 bits per heavy atom. The van der Waals surface area contributed by atoms with Gasteiger partial charge < -0.3 is 4.90 Å². The Bertz CT molecular complexity index is 1240. The normalized spacial score (nSPS) is 15.7. The van der Waals surface area contributed by atoms with Crippen molar-refractivity contribution in [1.82, 2.24) is 29.4 Å². The SMILES string of the molecule is CN1CCN(S(=O)(=O)c2ccc(Sc3nnnn3-c3ccc(Cl)cc3)c([N+](=O)[O-])c2)CC1. The van der Waals surface area contributed by atoms with Crippen molar-refractivity contribution in [3.63, 3.8) is 0 Å². The number of halogens is 1. The van der Waals surface area contributed by atoms with Gasteiger partial charge in [-0.1, -0.05) is 11.6 Å². The molecule has 0 amide bonds. The second-order valence-corrected chi connectivity index (χ2v) is 10.4. The Kier molecular flexibility index (Phi) is 6.44. The first kappa shape index (κ1) is 22.6. The van der Waals surface area contributed by atoms with Crippen molar-refractivity contribution in [1.29, 1.82) is 0 Å². The molecule has 1 aromatic heterocycles. The minimum Gasteiger partial charge on any atom is -0.304 e. The van der Waals surface area contributed by atoms with Crippen molar-refractivity contribution in [2.45, 2.75) is 14.9 Å². The minimum atomic E-state index is -3.84. The smallest absolute Gasteiger partial charge is 0.284 e. The Labute approximate surface area is 193 Å². The molecule has 1 saturated heterocycles. The highest BCUT2D eigenvalue weighted by Gasteiger charge is 2.30. The lowest BCUT2D eigenvalue weighted by Crippen LogP contribution is -2.47. The van der Waals surface area contributed by atoms with Crippen molar-refractivity contribution >= 4 is 39.1 Å². The van der Waals surface area contributed by atoms with Crippen molar-refractivity contribution < 1.29 is 13.3 Å². The predicted molar refractivity (Wildman–Crippen MR) is 118 cm³/mol. The lowest BCUT2D eigenvalue weighted by atomic mass is 10.3. The van der Waals surface area contributed by atoms with Gasteiger partial charge in [0.1, 0.15) is 0 Å². The fraction of sp³-hybridized carbons (Fsp3) is 0.278. The van der Waals surface area contributed by atoms with E-state index in [-0.39, 0.29) is 20.6 Å². The molecule has 0 bridgehead atoms. The molecule has 1 aliphatic rings. The van der Waals surface area contributed by atoms with Crippen molar-refractivity contribution in [3.05, 3.63) is 57.6 Å². The molecule has 11 nitrogen and oxygen atoms in total. The number of hydrogen-bond donors (Lipinski definition) is 0. The standard InChI is InChI=1S/C18H18ClN7O4S2/c1-23-8-10-24(11-9-23)32(29,30)15-6-7-17(16(12-15)26(27)28)31-18-20-21-22-25(18)14-4-2-13(19)3-5-14/h2-7,12H,8-11H2,1H3. The van der Waals surface area contributed by atoms with Gasteiger partial charge in [-0.05, 0) is 65.6 Å². The maximum absolute atomic E-state index is 13.0. The number of hydrogen-bond acceptors (Lipinski definition) is 9. The van der Waals surface area contributed by atoms with Crippen molar-refractivity contribution in [2.24, 2.45) is 0 Å². The average Bonchev–Trinajstić information content (AvgIpc) is 3.22. The number of nitrogens with zero attached hydrogens (tertiary/aromatic N) is 7. The molecule has 2 heterocycles. The molecule has 0 saturated carbocycles. The summed E-state index contributed by atoms with van der Waals surface area (Å²) in [4.78, 5) is 13.3. The van der Waals surface area contributed by atoms with Gasteiger partial charge in [-0.15, -0.1) is 5.10 Å². The second kappa shape index (κ2) is 9.11. The summed E-state index contributed by atoms with van der Waals surface area (Å²) in [5.41, 5.74) is 0.287. The topological polar surface area (TPSA) is 127 Å². The fourth-order valence-electron chi connectivity index (χ4n) is 3.15. The van der Waals surface area contributed by atoms with E-state index < -0.39 is 14.9 Å². The number of rotatable bonds is 6. The van der Waals surface area contributed by atoms with Gasteiger partial charge in [-0.25, -0.2) is 8.42 Å². The second-order valence-electron chi connectivity index (χ2n) is 7.05. The molecule has 0 spiro atoms. The molecule has 1 fully saturated rings. The molecule has 32 heavy (non-hydrogen) atoms. The molecule has 3 aromatic rings. The molecule has 0 aliphatic carbocycles. The van der Waals surface area contributed by atoms with E-state index in [0.29, 0.717) is 36.9 Å². The highest BCUT2D eigenvalue weighted by molar-refractivity contribution is 7.99. The van der Waals surface area contributed by atoms with Crippen LogP contribution in [0.1, 0.15) is 0 Å². The molecular weight excluding hydrogens is 478 g/mol. The van der Waals surface area contributed by atoms with E-state index in [1.54, 1.807) is 24.3 Å². The highest BCUT2D eigenvalue weighted by atomic mass is 35.5. The highest BCUT2D eigenvalue weighted by Crippen LogP contribution is 2.36. The zero-order valence-electron chi connectivity index (χ0n) is 16.8. The van der Waals surface area contributed by atoms with Crippen LogP contribution in [0.15, 0.2) is 57.4 Å². The third-order valence-electron chi connectivity index (χ3n) is 4.94. The van der Waals surface area contributed by atoms with Gasteiger partial charge in [0, 0.05) is 37.3 Å². The molecule has 0 unspecified atom stereocenters. The quantitative estimate of drug-likeness (QED) is 0.373. The van der Waals surface area contributed by atoms with E-state index in [2.05, 4.69) is 15.5 Å². The van der Waals surface area contributed by atoms with Crippen LogP contribution in [0.5, 0.6) is 0 Å². The number of aromatic nitrogens is 4. The zero-order chi connectivity index (χ0) is 22.9. The summed E-state index contributed by atoms with van der Waals surface area (Å²) in [6.45, 7) is 1.86. The third kappa shape index (κ3) is 4.61. The average molecular weight is 496 g/mol. The summed E-state index contributed by atoms with van der Waals surface area (Å²) in [7, 11) is -1.93. The van der Waals surface area contributed by atoms with E-state index >= 15 is 0 Å². The molecule has 2 aromatic carbocycles. The van der Waals surface area contributed by atoms with E-state index in [1.165, 1.54) is 21.1 Å². The molecule has 168 valence electrons. The van der Waals surface area contributed by atoms with Gasteiger partial charge >= 0.3 is 0 Å². The van der Waals surface area contributed by atoms with Gasteiger partial charge in [0.15, 0.2) is 0 Å². The zero-order valence-corrected chi connectivity index (χ0v) is 19.2. The summed E-state index contributed by atoms with van der Waals surface area (Å²) >= 11 is 6.88. The van der Waals surface area contributed by atoms with E-state index in [1.807, 2.05) is 11.9 Å². The third-order valence-corrected chi connectivity index (χ3v) is 8.09. The Morgan fingerprint density at radius 2 is 1.78 bits per heavy atom. The van der Waals surface area contributed by atoms with Crippen LogP contribution in [0.3, 0.4) is 0 Å². The van der Waals surface area contributed by atoms with Gasteiger partial charge in [0.2, 0.25) is 15.2 Å². The molecular formula is C18H18ClN7O4S2. The number of nitro groups is 1. The lowest BCUT2D eigenvalue weighted by molar-refractivity contribution is -0.388. The molecule has 0 N–H and O–H groups in total. The number of sulfonamides is 1. The Balaban J connectivity index is 1.65. The molecule has 0 atom stereocenters. The predicted octanol–water partition coefficient (Wildman–Crippen LogP) is 2.31. The van der Waals surface area contributed by atoms with Crippen LogP contribution in [0.25, 0.3) is 5.69 Å². The lowest BCUT2D eigenvalue weighted by Gasteiger charge is -2.31. The number of tetrazole rings is 1. The minimum absolute atomic E-state index is 0.115. The summed E-state index contributed by atoms with van der Waals surface area (Å²) in [6, 6.07) is 10.6. The fourth-order valence-corrected chi connectivity index (χ4v) is 5.59. The molecule has 4 rings (SSSR count). The Morgan fingerprint density at radius 1 is 1.09 bits per heavy atom. The monoisotopic (exact) mass is 495 g/mol. The number of piperazine rings is 1. The summed E-state index contributed by atoms with van der Waals surface area (Å²) in [5.74, 6) is 0. The van der Waals surface area contributed by atoms with Crippen molar-refractivity contribution in [3.8, 4) is 5.69 Å². The summed E-state index contributed by atoms with van der Waals surface area (Å²) < 4.78 is 28.8. The maximum Gasteiger partial charge on any atom is 0.284 e. The van der Waals surface area contributed by atoms with Crippen LogP contribution < -0.4 is 0 Å². The van der Waals surface area contributed by atoms with Crippen LogP contribution in [0.4, 0.5) is 5.69 Å². The molecule has 0 radical (unpaired) electrons. The summed E-state index contributed by atoms with van der Waals surface area (Å²) in [5, 5.41) is 24.1. The van der Waals surface area contributed by atoms with E-state index in [0.717, 1.165) is 17.8 Å². The van der Waals surface area contributed by atoms with Crippen LogP contribution in [0.2, 0.25) is 5.02 Å². The van der Waals surface area contributed by atoms with E-state index in [4.69, 9.17) is 11.6 Å². The van der Waals surface area contributed by atoms with Gasteiger partial charge in [-0.2, -0.15) is 8.99 Å². The first-order valence-corrected chi connectivity index (χ1v) is 12.1. The van der Waals surface area contributed by atoms with Crippen LogP contribution >= 0.6 is 23.4 Å². The first-order valence-electron chi connectivity index (χ1n) is 9.45. The molecule has 14 heteroatoms. The van der Waals surface area contributed by atoms with Crippen molar-refractivity contribution in [2.75, 3.05) is 33.2 Å². The van der Waals surface area contributed by atoms with Gasteiger partial charge in [0.05, 0.1) is 20.4 Å². The maximum atomic E-state index is 13.0. The number of benzene rings is 2. The first-order chi connectivity index (χ1) is 15.3. The number of nitro benzene ring substituents is 1. The van der Waals surface area contributed by atoms with Crippen LogP contribution in [-0.4, -0.2) is 76.0 Å². The van der Waals surface area contributed by atoms with Crippen LogP contribution in [-0.2, 0) is 10.0 Å². The van der Waals surface area contributed by atoms with Gasteiger partial charge in [0.25, 0.3) is 5.69 Å². The van der Waals surface area contributed by atoms with Gasteiger partial charge in [-0.3, -0.25) is 10.1 Å². The van der Waals surface area contributed by atoms with E-state index in [9.17, 15) is 18.5 Å². The van der Waals surface area contributed by atoms with Crippen LogP contribution in [0, 0.1) is 10.1 Å². The molecule has 1 aliphatic heterocycles. The largest absolute Gasteiger partial charge is 0.304 e. The Hall–Kier alpha value is -2.58.